The fraction of sp³-hybridized carbons (Fsp3) is 0.0769. The van der Waals surface area contributed by atoms with E-state index in [2.05, 4.69) is 0 Å². The topological polar surface area (TPSA) is 9.23 Å². The normalized spacial score (nSPS) is 10.3. The number of halogens is 3. The van der Waals surface area contributed by atoms with E-state index < -0.39 is 11.6 Å². The van der Waals surface area contributed by atoms with Crippen LogP contribution < -0.4 is 4.74 Å². The summed E-state index contributed by atoms with van der Waals surface area (Å²) >= 11 is 5.63. The Bertz CT molecular complexity index is 529. The Kier molecular flexibility index (Phi) is 3.59. The Morgan fingerprint density at radius 3 is 2.59 bits per heavy atom. The summed E-state index contributed by atoms with van der Waals surface area (Å²) in [5.41, 5.74) is 0.335. The number of rotatable bonds is 3. The van der Waals surface area contributed by atoms with Gasteiger partial charge in [0.05, 0.1) is 5.02 Å². The highest BCUT2D eigenvalue weighted by Crippen LogP contribution is 2.20. The van der Waals surface area contributed by atoms with Crippen LogP contribution in [0.2, 0.25) is 5.02 Å². The summed E-state index contributed by atoms with van der Waals surface area (Å²) in [6.45, 7) is 0.00977. The number of hydrogen-bond acceptors (Lipinski definition) is 1. The first kappa shape index (κ1) is 11.9. The molecule has 0 saturated heterocycles. The number of ether oxygens (including phenoxy) is 1. The highest BCUT2D eigenvalue weighted by molar-refractivity contribution is 6.30. The van der Waals surface area contributed by atoms with Gasteiger partial charge in [-0.3, -0.25) is 0 Å². The zero-order chi connectivity index (χ0) is 12.3. The fourth-order valence-electron chi connectivity index (χ4n) is 1.38. The van der Waals surface area contributed by atoms with Crippen molar-refractivity contribution < 1.29 is 13.5 Å². The van der Waals surface area contributed by atoms with Crippen LogP contribution in [0, 0.1) is 11.6 Å². The summed E-state index contributed by atoms with van der Waals surface area (Å²) in [6, 6.07) is 10.3. The smallest absolute Gasteiger partial charge is 0.148 e. The predicted octanol–water partition coefficient (Wildman–Crippen LogP) is 4.20. The molecule has 0 bridgehead atoms. The van der Waals surface area contributed by atoms with Gasteiger partial charge < -0.3 is 4.74 Å². The molecule has 0 aliphatic carbocycles. The molecule has 0 unspecified atom stereocenters. The highest BCUT2D eigenvalue weighted by atomic mass is 35.5. The van der Waals surface area contributed by atoms with Crippen molar-refractivity contribution in [1.82, 2.24) is 0 Å². The molecule has 0 N–H and O–H groups in total. The maximum atomic E-state index is 13.5. The van der Waals surface area contributed by atoms with Crippen molar-refractivity contribution in [3.8, 4) is 5.75 Å². The average Bonchev–Trinajstić information content (AvgIpc) is 2.31. The van der Waals surface area contributed by atoms with E-state index in [1.165, 1.54) is 24.3 Å². The van der Waals surface area contributed by atoms with Gasteiger partial charge in [-0.05, 0) is 18.2 Å². The van der Waals surface area contributed by atoms with E-state index in [0.29, 0.717) is 11.3 Å². The molecule has 0 heterocycles. The van der Waals surface area contributed by atoms with Gasteiger partial charge in [-0.2, -0.15) is 0 Å². The van der Waals surface area contributed by atoms with E-state index in [1.54, 1.807) is 18.2 Å². The Hall–Kier alpha value is -1.61. The van der Waals surface area contributed by atoms with Crippen molar-refractivity contribution in [1.29, 1.82) is 0 Å². The van der Waals surface area contributed by atoms with Gasteiger partial charge in [0, 0.05) is 11.6 Å². The van der Waals surface area contributed by atoms with Crippen molar-refractivity contribution in [3.05, 3.63) is 64.7 Å². The third-order valence-corrected chi connectivity index (χ3v) is 2.51. The molecule has 2 rings (SSSR count). The maximum Gasteiger partial charge on any atom is 0.148 e. The van der Waals surface area contributed by atoms with Crippen molar-refractivity contribution in [2.45, 2.75) is 6.61 Å². The van der Waals surface area contributed by atoms with Crippen LogP contribution in [0.3, 0.4) is 0 Å². The summed E-state index contributed by atoms with van der Waals surface area (Å²) in [5, 5.41) is 0.0466. The second-order valence-electron chi connectivity index (χ2n) is 3.46. The van der Waals surface area contributed by atoms with Gasteiger partial charge in [0.15, 0.2) is 0 Å². The van der Waals surface area contributed by atoms with Crippen LogP contribution in [0.5, 0.6) is 5.75 Å². The van der Waals surface area contributed by atoms with Gasteiger partial charge in [-0.15, -0.1) is 0 Å². The van der Waals surface area contributed by atoms with E-state index in [1.807, 2.05) is 0 Å². The van der Waals surface area contributed by atoms with E-state index in [-0.39, 0.29) is 11.6 Å². The van der Waals surface area contributed by atoms with Crippen molar-refractivity contribution in [2.24, 2.45) is 0 Å². The van der Waals surface area contributed by atoms with Crippen LogP contribution in [0.15, 0.2) is 42.5 Å². The van der Waals surface area contributed by atoms with Crippen LogP contribution in [-0.4, -0.2) is 0 Å². The molecular formula is C13H9ClF2O. The van der Waals surface area contributed by atoms with E-state index in [4.69, 9.17) is 16.3 Å². The molecule has 2 aromatic carbocycles. The minimum Gasteiger partial charge on any atom is -0.489 e. The fourth-order valence-corrected chi connectivity index (χ4v) is 1.57. The molecule has 0 aliphatic rings. The third kappa shape index (κ3) is 2.94. The first-order valence-corrected chi connectivity index (χ1v) is 5.36. The summed E-state index contributed by atoms with van der Waals surface area (Å²) in [6.07, 6.45) is 0. The lowest BCUT2D eigenvalue weighted by atomic mass is 10.2. The SMILES string of the molecule is Fc1cccc(OCc2cccc(Cl)c2F)c1. The van der Waals surface area contributed by atoms with Crippen LogP contribution in [-0.2, 0) is 6.61 Å². The molecule has 2 aromatic rings. The zero-order valence-electron chi connectivity index (χ0n) is 8.79. The minimum absolute atomic E-state index is 0.00977. The Morgan fingerprint density at radius 2 is 1.82 bits per heavy atom. The molecule has 0 aliphatic heterocycles. The summed E-state index contributed by atoms with van der Waals surface area (Å²) in [7, 11) is 0. The van der Waals surface area contributed by atoms with Gasteiger partial charge in [-0.25, -0.2) is 8.78 Å². The van der Waals surface area contributed by atoms with E-state index in [9.17, 15) is 8.78 Å². The molecular weight excluding hydrogens is 246 g/mol. The van der Waals surface area contributed by atoms with Crippen LogP contribution in [0.25, 0.3) is 0 Å². The van der Waals surface area contributed by atoms with Crippen LogP contribution >= 0.6 is 11.6 Å². The standard InChI is InChI=1S/C13H9ClF2O/c14-12-6-1-3-9(13(12)16)8-17-11-5-2-4-10(15)7-11/h1-7H,8H2. The van der Waals surface area contributed by atoms with Crippen LogP contribution in [0.4, 0.5) is 8.78 Å². The second-order valence-corrected chi connectivity index (χ2v) is 3.87. The largest absolute Gasteiger partial charge is 0.489 e. The molecule has 0 aromatic heterocycles. The number of benzene rings is 2. The van der Waals surface area contributed by atoms with Gasteiger partial charge in [0.1, 0.15) is 24.0 Å². The van der Waals surface area contributed by atoms with E-state index in [0.717, 1.165) is 0 Å². The molecule has 0 radical (unpaired) electrons. The van der Waals surface area contributed by atoms with Gasteiger partial charge >= 0.3 is 0 Å². The Morgan fingerprint density at radius 1 is 1.06 bits per heavy atom. The van der Waals surface area contributed by atoms with Gasteiger partial charge in [-0.1, -0.05) is 29.8 Å². The first-order chi connectivity index (χ1) is 8.16. The molecule has 4 heteroatoms. The number of hydrogen-bond donors (Lipinski definition) is 0. The van der Waals surface area contributed by atoms with Crippen LogP contribution in [0.1, 0.15) is 5.56 Å². The highest BCUT2D eigenvalue weighted by Gasteiger charge is 2.06. The second kappa shape index (κ2) is 5.15. The van der Waals surface area contributed by atoms with Crippen molar-refractivity contribution in [2.75, 3.05) is 0 Å². The van der Waals surface area contributed by atoms with Crippen molar-refractivity contribution >= 4 is 11.6 Å². The molecule has 0 spiro atoms. The predicted molar refractivity (Wildman–Crippen MR) is 62.1 cm³/mol. The molecule has 0 fully saturated rings. The minimum atomic E-state index is -0.509. The molecule has 0 saturated carbocycles. The Balaban J connectivity index is 2.10. The Labute approximate surface area is 103 Å². The summed E-state index contributed by atoms with van der Waals surface area (Å²) in [5.74, 6) is -0.552. The summed E-state index contributed by atoms with van der Waals surface area (Å²) < 4.78 is 31.6. The molecule has 1 nitrogen and oxygen atoms in total. The molecule has 17 heavy (non-hydrogen) atoms. The first-order valence-electron chi connectivity index (χ1n) is 4.98. The lowest BCUT2D eigenvalue weighted by Crippen LogP contribution is -1.99. The maximum absolute atomic E-state index is 13.5. The summed E-state index contributed by atoms with van der Waals surface area (Å²) in [4.78, 5) is 0. The van der Waals surface area contributed by atoms with Gasteiger partial charge in [0.25, 0.3) is 0 Å². The van der Waals surface area contributed by atoms with E-state index >= 15 is 0 Å². The van der Waals surface area contributed by atoms with Crippen molar-refractivity contribution in [3.63, 3.8) is 0 Å². The lowest BCUT2D eigenvalue weighted by Gasteiger charge is -2.07. The van der Waals surface area contributed by atoms with Gasteiger partial charge in [0.2, 0.25) is 0 Å². The third-order valence-electron chi connectivity index (χ3n) is 2.22. The molecule has 0 amide bonds. The molecule has 88 valence electrons. The molecule has 0 atom stereocenters. The quantitative estimate of drug-likeness (QED) is 0.798. The average molecular weight is 255 g/mol. The monoisotopic (exact) mass is 254 g/mol. The lowest BCUT2D eigenvalue weighted by molar-refractivity contribution is 0.298. The zero-order valence-corrected chi connectivity index (χ0v) is 9.55.